The maximum absolute atomic E-state index is 12.0. The summed E-state index contributed by atoms with van der Waals surface area (Å²) in [6.45, 7) is 0. The lowest BCUT2D eigenvalue weighted by Gasteiger charge is -2.07. The molecule has 2 N–H and O–H groups in total. The van der Waals surface area contributed by atoms with E-state index in [1.807, 2.05) is 0 Å². The van der Waals surface area contributed by atoms with Gasteiger partial charge in [0.15, 0.2) is 11.5 Å². The van der Waals surface area contributed by atoms with E-state index in [0.29, 0.717) is 17.2 Å². The molecule has 1 amide bonds. The molecule has 0 heterocycles. The van der Waals surface area contributed by atoms with Crippen LogP contribution in [0.1, 0.15) is 5.56 Å². The number of nitrogens with one attached hydrogen (secondary N) is 2. The summed E-state index contributed by atoms with van der Waals surface area (Å²) < 4.78 is 35.9. The molecular weight excluding hydrogens is 356 g/mol. The smallest absolute Gasteiger partial charge is 0.248 e. The van der Waals surface area contributed by atoms with Crippen LogP contribution in [0.15, 0.2) is 53.4 Å². The minimum atomic E-state index is -3.50. The summed E-state index contributed by atoms with van der Waals surface area (Å²) in [6.07, 6.45) is 3.01. The minimum absolute atomic E-state index is 0.124. The van der Waals surface area contributed by atoms with Crippen LogP contribution in [0.25, 0.3) is 6.08 Å². The Morgan fingerprint density at radius 1 is 1.00 bits per heavy atom. The highest BCUT2D eigenvalue weighted by atomic mass is 32.2. The second-order valence-corrected chi connectivity index (χ2v) is 7.06. The molecule has 0 spiro atoms. The quantitative estimate of drug-likeness (QED) is 0.723. The van der Waals surface area contributed by atoms with E-state index in [-0.39, 0.29) is 10.8 Å². The van der Waals surface area contributed by atoms with E-state index in [1.54, 1.807) is 31.4 Å². The van der Waals surface area contributed by atoms with Crippen LogP contribution in [0.5, 0.6) is 11.5 Å². The fourth-order valence-electron chi connectivity index (χ4n) is 2.15. The SMILES string of the molecule is CNS(=O)(=O)c1ccc(NC(=O)C=Cc2ccc(OC)c(OC)c2)cc1. The van der Waals surface area contributed by atoms with Crippen LogP contribution in [-0.4, -0.2) is 35.6 Å². The molecule has 0 saturated heterocycles. The molecule has 0 bridgehead atoms. The van der Waals surface area contributed by atoms with E-state index in [0.717, 1.165) is 5.56 Å². The van der Waals surface area contributed by atoms with E-state index in [2.05, 4.69) is 10.0 Å². The molecule has 0 aromatic heterocycles. The van der Waals surface area contributed by atoms with E-state index < -0.39 is 10.0 Å². The molecule has 0 aliphatic heterocycles. The summed E-state index contributed by atoms with van der Waals surface area (Å²) in [5.74, 6) is 0.825. The number of hydrogen-bond acceptors (Lipinski definition) is 5. The van der Waals surface area contributed by atoms with Crippen LogP contribution in [0.2, 0.25) is 0 Å². The number of carbonyl (C=O) groups excluding carboxylic acids is 1. The number of methoxy groups -OCH3 is 2. The van der Waals surface area contributed by atoms with Crippen LogP contribution in [0.3, 0.4) is 0 Å². The minimum Gasteiger partial charge on any atom is -0.493 e. The molecule has 2 aromatic carbocycles. The van der Waals surface area contributed by atoms with Gasteiger partial charge in [0.25, 0.3) is 0 Å². The highest BCUT2D eigenvalue weighted by molar-refractivity contribution is 7.89. The molecule has 2 aromatic rings. The van der Waals surface area contributed by atoms with Gasteiger partial charge in [-0.05, 0) is 55.1 Å². The van der Waals surface area contributed by atoms with Crippen LogP contribution < -0.4 is 19.5 Å². The van der Waals surface area contributed by atoms with Crippen LogP contribution in [0, 0.1) is 0 Å². The van der Waals surface area contributed by atoms with Gasteiger partial charge in [0, 0.05) is 11.8 Å². The van der Waals surface area contributed by atoms with Crippen LogP contribution in [-0.2, 0) is 14.8 Å². The van der Waals surface area contributed by atoms with Crippen LogP contribution in [0.4, 0.5) is 5.69 Å². The Bertz CT molecular complexity index is 906. The molecule has 0 atom stereocenters. The largest absolute Gasteiger partial charge is 0.493 e. The zero-order valence-corrected chi connectivity index (χ0v) is 15.5. The normalized spacial score (nSPS) is 11.3. The summed E-state index contributed by atoms with van der Waals surface area (Å²) in [4.78, 5) is 12.1. The van der Waals surface area contributed by atoms with Crippen molar-refractivity contribution in [2.45, 2.75) is 4.90 Å². The number of rotatable bonds is 7. The molecule has 0 unspecified atom stereocenters. The van der Waals surface area contributed by atoms with Gasteiger partial charge in [0.05, 0.1) is 19.1 Å². The maximum Gasteiger partial charge on any atom is 0.248 e. The van der Waals surface area contributed by atoms with Gasteiger partial charge in [-0.3, -0.25) is 4.79 Å². The van der Waals surface area contributed by atoms with Crippen LogP contribution >= 0.6 is 0 Å². The lowest BCUT2D eigenvalue weighted by molar-refractivity contribution is -0.111. The first-order chi connectivity index (χ1) is 12.4. The van der Waals surface area contributed by atoms with Gasteiger partial charge < -0.3 is 14.8 Å². The Morgan fingerprint density at radius 3 is 2.23 bits per heavy atom. The van der Waals surface area contributed by atoms with Crippen molar-refractivity contribution in [3.05, 3.63) is 54.1 Å². The van der Waals surface area contributed by atoms with Crippen molar-refractivity contribution in [3.63, 3.8) is 0 Å². The van der Waals surface area contributed by atoms with Gasteiger partial charge in [-0.25, -0.2) is 13.1 Å². The fraction of sp³-hybridized carbons (Fsp3) is 0.167. The van der Waals surface area contributed by atoms with Gasteiger partial charge in [0.2, 0.25) is 15.9 Å². The second kappa shape index (κ2) is 8.50. The number of sulfonamides is 1. The van der Waals surface area contributed by atoms with Gasteiger partial charge in [-0.2, -0.15) is 0 Å². The van der Waals surface area contributed by atoms with E-state index >= 15 is 0 Å². The predicted molar refractivity (Wildman–Crippen MR) is 99.9 cm³/mol. The van der Waals surface area contributed by atoms with Gasteiger partial charge in [-0.15, -0.1) is 0 Å². The highest BCUT2D eigenvalue weighted by Crippen LogP contribution is 2.28. The van der Waals surface area contributed by atoms with Crippen molar-refractivity contribution in [1.29, 1.82) is 0 Å². The van der Waals surface area contributed by atoms with Gasteiger partial charge in [0.1, 0.15) is 0 Å². The monoisotopic (exact) mass is 376 g/mol. The summed E-state index contributed by atoms with van der Waals surface area (Å²) >= 11 is 0. The van der Waals surface area contributed by atoms with E-state index in [4.69, 9.17) is 9.47 Å². The fourth-order valence-corrected chi connectivity index (χ4v) is 2.88. The molecule has 0 fully saturated rings. The Labute approximate surface area is 152 Å². The lowest BCUT2D eigenvalue weighted by Crippen LogP contribution is -2.18. The van der Waals surface area contributed by atoms with E-state index in [9.17, 15) is 13.2 Å². The Hall–Kier alpha value is -2.84. The maximum atomic E-state index is 12.0. The standard InChI is InChI=1S/C18H20N2O5S/c1-19-26(22,23)15-8-6-14(7-9-15)20-18(21)11-5-13-4-10-16(24-2)17(12-13)25-3/h4-12,19H,1-3H3,(H,20,21). The molecule has 0 aliphatic carbocycles. The molecule has 0 radical (unpaired) electrons. The van der Waals surface area contributed by atoms with Crippen molar-refractivity contribution in [2.24, 2.45) is 0 Å². The Kier molecular flexibility index (Phi) is 6.37. The first-order valence-corrected chi connectivity index (χ1v) is 9.12. The summed E-state index contributed by atoms with van der Waals surface area (Å²) in [5.41, 5.74) is 1.26. The molecule has 26 heavy (non-hydrogen) atoms. The third-order valence-electron chi connectivity index (χ3n) is 3.54. The number of benzene rings is 2. The number of ether oxygens (including phenoxy) is 2. The van der Waals surface area contributed by atoms with Gasteiger partial charge >= 0.3 is 0 Å². The predicted octanol–water partition coefficient (Wildman–Crippen LogP) is 2.26. The molecule has 7 nitrogen and oxygen atoms in total. The van der Waals surface area contributed by atoms with Crippen molar-refractivity contribution in [2.75, 3.05) is 26.6 Å². The second-order valence-electron chi connectivity index (χ2n) is 5.17. The molecular formula is C18H20N2O5S. The van der Waals surface area contributed by atoms with Crippen molar-refractivity contribution in [1.82, 2.24) is 4.72 Å². The molecule has 138 valence electrons. The zero-order valence-electron chi connectivity index (χ0n) is 14.6. The number of amides is 1. The average molecular weight is 376 g/mol. The first kappa shape index (κ1) is 19.5. The average Bonchev–Trinajstić information content (AvgIpc) is 2.66. The lowest BCUT2D eigenvalue weighted by atomic mass is 10.2. The third kappa shape index (κ3) is 4.84. The summed E-state index contributed by atoms with van der Waals surface area (Å²) in [5, 5.41) is 2.66. The molecule has 8 heteroatoms. The Morgan fingerprint density at radius 2 is 1.65 bits per heavy atom. The zero-order chi connectivity index (χ0) is 19.2. The first-order valence-electron chi connectivity index (χ1n) is 7.64. The van der Waals surface area contributed by atoms with Crippen molar-refractivity contribution in [3.8, 4) is 11.5 Å². The van der Waals surface area contributed by atoms with Crippen molar-refractivity contribution < 1.29 is 22.7 Å². The number of carbonyl (C=O) groups is 1. The molecule has 2 rings (SSSR count). The molecule has 0 saturated carbocycles. The third-order valence-corrected chi connectivity index (χ3v) is 4.97. The highest BCUT2D eigenvalue weighted by Gasteiger charge is 2.10. The van der Waals surface area contributed by atoms with E-state index in [1.165, 1.54) is 44.5 Å². The number of anilines is 1. The summed E-state index contributed by atoms with van der Waals surface area (Å²) in [6, 6.07) is 11.2. The van der Waals surface area contributed by atoms with Crippen molar-refractivity contribution >= 4 is 27.7 Å². The summed E-state index contributed by atoms with van der Waals surface area (Å²) in [7, 11) is 0.924. The topological polar surface area (TPSA) is 93.7 Å². The van der Waals surface area contributed by atoms with Gasteiger partial charge in [-0.1, -0.05) is 6.07 Å². The number of hydrogen-bond donors (Lipinski definition) is 2. The Balaban J connectivity index is 2.05. The molecule has 0 aliphatic rings.